The zero-order valence-electron chi connectivity index (χ0n) is 16.0. The Bertz CT molecular complexity index is 838. The van der Waals surface area contributed by atoms with Crippen LogP contribution in [0.3, 0.4) is 0 Å². The molecule has 0 radical (unpaired) electrons. The summed E-state index contributed by atoms with van der Waals surface area (Å²) in [6.45, 7) is 6.14. The molecule has 0 bridgehead atoms. The minimum Gasteiger partial charge on any atom is -0.350 e. The molecule has 1 aliphatic rings. The summed E-state index contributed by atoms with van der Waals surface area (Å²) < 4.78 is 2.08. The first kappa shape index (κ1) is 19.2. The normalized spacial score (nSPS) is 16.0. The molecule has 1 N–H and O–H groups in total. The van der Waals surface area contributed by atoms with Gasteiger partial charge >= 0.3 is 0 Å². The van der Waals surface area contributed by atoms with Gasteiger partial charge in [0.05, 0.1) is 12.5 Å². The molecule has 0 unspecified atom stereocenters. The number of amides is 1. The Morgan fingerprint density at radius 3 is 2.81 bits per heavy atom. The number of carbonyl (C=O) groups excluding carboxylic acids is 1. The van der Waals surface area contributed by atoms with Crippen molar-refractivity contribution >= 4 is 22.9 Å². The average Bonchev–Trinajstić information content (AvgIpc) is 3.04. The van der Waals surface area contributed by atoms with Crippen LogP contribution in [0, 0.1) is 11.3 Å². The molecule has 0 atom stereocenters. The molecule has 0 spiro atoms. The number of aryl methyl sites for hydroxylation is 1. The fraction of sp³-hybridized carbons (Fsp3) is 0.455. The van der Waals surface area contributed by atoms with E-state index >= 15 is 0 Å². The van der Waals surface area contributed by atoms with Crippen molar-refractivity contribution in [2.24, 2.45) is 0 Å². The Kier molecular flexibility index (Phi) is 6.67. The van der Waals surface area contributed by atoms with E-state index in [4.69, 9.17) is 5.26 Å². The summed E-state index contributed by atoms with van der Waals surface area (Å²) in [6, 6.07) is 10.6. The van der Waals surface area contributed by atoms with Crippen molar-refractivity contribution in [3.05, 3.63) is 42.1 Å². The highest BCUT2D eigenvalue weighted by Gasteiger charge is 2.19. The van der Waals surface area contributed by atoms with E-state index in [1.54, 1.807) is 6.08 Å². The average molecular weight is 364 g/mol. The van der Waals surface area contributed by atoms with Crippen molar-refractivity contribution in [3.8, 4) is 6.07 Å². The number of likely N-dealkylation sites (tertiary alicyclic amines) is 1. The SMILES string of the molecule is CCCN1CCC(NC(=O)/C=C/c2cn(CCC#N)c3ccccc23)CC1. The van der Waals surface area contributed by atoms with Gasteiger partial charge in [0, 0.05) is 54.4 Å². The van der Waals surface area contributed by atoms with Gasteiger partial charge in [-0.25, -0.2) is 0 Å². The Morgan fingerprint density at radius 2 is 2.07 bits per heavy atom. The molecule has 5 heteroatoms. The fourth-order valence-electron chi connectivity index (χ4n) is 3.80. The van der Waals surface area contributed by atoms with Gasteiger partial charge in [-0.3, -0.25) is 4.79 Å². The van der Waals surface area contributed by atoms with E-state index in [2.05, 4.69) is 33.8 Å². The van der Waals surface area contributed by atoms with Gasteiger partial charge in [-0.1, -0.05) is 25.1 Å². The predicted molar refractivity (Wildman–Crippen MR) is 109 cm³/mol. The number of piperidine rings is 1. The summed E-state index contributed by atoms with van der Waals surface area (Å²) in [5, 5.41) is 13.1. The van der Waals surface area contributed by atoms with E-state index in [9.17, 15) is 4.79 Å². The standard InChI is InChI=1S/C22H28N4O/c1-2-13-25-15-10-19(11-16-25)24-22(27)9-8-18-17-26(14-5-12-23)21-7-4-3-6-20(18)21/h3-4,6-9,17,19H,2,5,10-11,13-16H2,1H3,(H,24,27)/b9-8+. The number of hydrogen-bond donors (Lipinski definition) is 1. The van der Waals surface area contributed by atoms with Crippen LogP contribution < -0.4 is 5.32 Å². The number of aromatic nitrogens is 1. The van der Waals surface area contributed by atoms with Gasteiger partial charge in [-0.2, -0.15) is 5.26 Å². The third-order valence-electron chi connectivity index (χ3n) is 5.17. The second-order valence-electron chi connectivity index (χ2n) is 7.16. The Morgan fingerprint density at radius 1 is 1.30 bits per heavy atom. The van der Waals surface area contributed by atoms with Crippen LogP contribution >= 0.6 is 0 Å². The number of rotatable bonds is 7. The second-order valence-corrected chi connectivity index (χ2v) is 7.16. The number of nitrogens with zero attached hydrogens (tertiary/aromatic N) is 3. The topological polar surface area (TPSA) is 61.1 Å². The highest BCUT2D eigenvalue weighted by molar-refractivity contribution is 5.96. The van der Waals surface area contributed by atoms with Crippen LogP contribution in [0.1, 0.15) is 38.2 Å². The van der Waals surface area contributed by atoms with E-state index < -0.39 is 0 Å². The third kappa shape index (κ3) is 4.99. The van der Waals surface area contributed by atoms with Crippen LogP contribution in [0.2, 0.25) is 0 Å². The Labute approximate surface area is 161 Å². The molecule has 27 heavy (non-hydrogen) atoms. The molecule has 0 aliphatic carbocycles. The summed E-state index contributed by atoms with van der Waals surface area (Å²) in [7, 11) is 0. The molecular formula is C22H28N4O. The van der Waals surface area contributed by atoms with E-state index in [0.717, 1.165) is 48.9 Å². The molecule has 2 aromatic rings. The lowest BCUT2D eigenvalue weighted by Crippen LogP contribution is -2.44. The number of para-hydroxylation sites is 1. The molecule has 5 nitrogen and oxygen atoms in total. The highest BCUT2D eigenvalue weighted by Crippen LogP contribution is 2.23. The molecule has 1 saturated heterocycles. The van der Waals surface area contributed by atoms with Crippen molar-refractivity contribution in [2.45, 2.75) is 45.2 Å². The summed E-state index contributed by atoms with van der Waals surface area (Å²) in [6.07, 6.45) is 9.23. The maximum absolute atomic E-state index is 12.3. The molecule has 3 rings (SSSR count). The van der Waals surface area contributed by atoms with Crippen LogP contribution in [0.4, 0.5) is 0 Å². The van der Waals surface area contributed by atoms with Gasteiger partial charge in [0.25, 0.3) is 0 Å². The van der Waals surface area contributed by atoms with Crippen LogP contribution in [0.25, 0.3) is 17.0 Å². The zero-order chi connectivity index (χ0) is 19.1. The third-order valence-corrected chi connectivity index (χ3v) is 5.17. The highest BCUT2D eigenvalue weighted by atomic mass is 16.1. The molecule has 1 aromatic heterocycles. The van der Waals surface area contributed by atoms with Gasteiger partial charge in [0.1, 0.15) is 0 Å². The van der Waals surface area contributed by atoms with Gasteiger partial charge in [-0.05, 0) is 37.9 Å². The Balaban J connectivity index is 1.62. The van der Waals surface area contributed by atoms with E-state index in [1.165, 1.54) is 6.42 Å². The smallest absolute Gasteiger partial charge is 0.244 e. The minimum atomic E-state index is -0.0298. The monoisotopic (exact) mass is 364 g/mol. The summed E-state index contributed by atoms with van der Waals surface area (Å²) >= 11 is 0. The molecule has 1 amide bonds. The van der Waals surface area contributed by atoms with Crippen molar-refractivity contribution in [1.82, 2.24) is 14.8 Å². The number of benzene rings is 1. The number of nitriles is 1. The van der Waals surface area contributed by atoms with Crippen molar-refractivity contribution in [3.63, 3.8) is 0 Å². The summed E-state index contributed by atoms with van der Waals surface area (Å²) in [5.41, 5.74) is 2.10. The van der Waals surface area contributed by atoms with Crippen LogP contribution in [0.15, 0.2) is 36.5 Å². The van der Waals surface area contributed by atoms with Crippen molar-refractivity contribution < 1.29 is 4.79 Å². The number of hydrogen-bond acceptors (Lipinski definition) is 3. The molecule has 1 aliphatic heterocycles. The first-order valence-corrected chi connectivity index (χ1v) is 9.87. The van der Waals surface area contributed by atoms with E-state index in [1.807, 2.05) is 30.5 Å². The largest absolute Gasteiger partial charge is 0.350 e. The molecule has 0 saturated carbocycles. The van der Waals surface area contributed by atoms with E-state index in [0.29, 0.717) is 13.0 Å². The Hall–Kier alpha value is -2.58. The lowest BCUT2D eigenvalue weighted by molar-refractivity contribution is -0.117. The fourth-order valence-corrected chi connectivity index (χ4v) is 3.80. The van der Waals surface area contributed by atoms with Gasteiger partial charge in [-0.15, -0.1) is 0 Å². The van der Waals surface area contributed by atoms with Gasteiger partial charge in [0.15, 0.2) is 0 Å². The molecule has 1 aromatic carbocycles. The minimum absolute atomic E-state index is 0.0298. The summed E-state index contributed by atoms with van der Waals surface area (Å²) in [4.78, 5) is 14.8. The predicted octanol–water partition coefficient (Wildman–Crippen LogP) is 3.56. The van der Waals surface area contributed by atoms with E-state index in [-0.39, 0.29) is 11.9 Å². The van der Waals surface area contributed by atoms with Crippen LogP contribution in [0.5, 0.6) is 0 Å². The maximum atomic E-state index is 12.3. The zero-order valence-corrected chi connectivity index (χ0v) is 16.0. The molecule has 2 heterocycles. The lowest BCUT2D eigenvalue weighted by Gasteiger charge is -2.31. The second kappa shape index (κ2) is 9.38. The molecule has 1 fully saturated rings. The number of carbonyl (C=O) groups is 1. The molecular weight excluding hydrogens is 336 g/mol. The number of fused-ring (bicyclic) bond motifs is 1. The molecule has 142 valence electrons. The first-order chi connectivity index (χ1) is 13.2. The quantitative estimate of drug-likeness (QED) is 0.764. The van der Waals surface area contributed by atoms with Gasteiger partial charge < -0.3 is 14.8 Å². The summed E-state index contributed by atoms with van der Waals surface area (Å²) in [5.74, 6) is -0.0298. The maximum Gasteiger partial charge on any atom is 0.244 e. The first-order valence-electron chi connectivity index (χ1n) is 9.87. The van der Waals surface area contributed by atoms with Crippen LogP contribution in [-0.2, 0) is 11.3 Å². The lowest BCUT2D eigenvalue weighted by atomic mass is 10.0. The van der Waals surface area contributed by atoms with Crippen molar-refractivity contribution in [2.75, 3.05) is 19.6 Å². The van der Waals surface area contributed by atoms with Crippen LogP contribution in [-0.4, -0.2) is 41.1 Å². The number of nitrogens with one attached hydrogen (secondary N) is 1. The van der Waals surface area contributed by atoms with Gasteiger partial charge in [0.2, 0.25) is 5.91 Å². The van der Waals surface area contributed by atoms with Crippen molar-refractivity contribution in [1.29, 1.82) is 5.26 Å².